The molecule has 2 aromatic rings. The molecule has 17 heavy (non-hydrogen) atoms. The molecular weight excluding hydrogens is 238 g/mol. The molecule has 1 aromatic carbocycles. The van der Waals surface area contributed by atoms with Gasteiger partial charge in [0.2, 0.25) is 5.88 Å². The number of halogens is 1. The van der Waals surface area contributed by atoms with E-state index in [2.05, 4.69) is 4.98 Å². The van der Waals surface area contributed by atoms with E-state index in [0.29, 0.717) is 25.0 Å². The Bertz CT molecular complexity index is 540. The Kier molecular flexibility index (Phi) is 2.87. The molecule has 88 valence electrons. The fourth-order valence-electron chi connectivity index (χ4n) is 1.87. The lowest BCUT2D eigenvalue weighted by atomic mass is 10.1. The highest BCUT2D eigenvalue weighted by Gasteiger charge is 2.21. The fourth-order valence-corrected chi connectivity index (χ4v) is 2.08. The smallest absolute Gasteiger partial charge is 0.221 e. The lowest BCUT2D eigenvalue weighted by molar-refractivity contribution is -0.0807. The lowest BCUT2D eigenvalue weighted by Crippen LogP contribution is -2.38. The van der Waals surface area contributed by atoms with Gasteiger partial charge in [-0.3, -0.25) is 0 Å². The van der Waals surface area contributed by atoms with Crippen LogP contribution in [-0.4, -0.2) is 24.3 Å². The number of rotatable bonds is 3. The van der Waals surface area contributed by atoms with E-state index in [9.17, 15) is 0 Å². The Morgan fingerprint density at radius 2 is 2.06 bits per heavy atom. The second kappa shape index (κ2) is 4.51. The highest BCUT2D eigenvalue weighted by atomic mass is 35.5. The van der Waals surface area contributed by atoms with Gasteiger partial charge >= 0.3 is 0 Å². The zero-order valence-electron chi connectivity index (χ0n) is 9.23. The van der Waals surface area contributed by atoms with E-state index in [1.807, 2.05) is 24.3 Å². The van der Waals surface area contributed by atoms with Gasteiger partial charge in [-0.25, -0.2) is 4.98 Å². The normalized spacial score (nSPS) is 15.8. The molecule has 0 amide bonds. The molecule has 3 nitrogen and oxygen atoms in total. The summed E-state index contributed by atoms with van der Waals surface area (Å²) in [5.74, 6) is 1.13. The topological polar surface area (TPSA) is 31.4 Å². The summed E-state index contributed by atoms with van der Waals surface area (Å²) in [6.07, 6.45) is 1.91. The van der Waals surface area contributed by atoms with Crippen molar-refractivity contribution in [1.29, 1.82) is 0 Å². The summed E-state index contributed by atoms with van der Waals surface area (Å²) in [6.45, 7) is 1.29. The van der Waals surface area contributed by atoms with Crippen LogP contribution in [0.1, 0.15) is 5.56 Å². The van der Waals surface area contributed by atoms with Crippen LogP contribution in [0.3, 0.4) is 0 Å². The zero-order valence-corrected chi connectivity index (χ0v) is 9.98. The second-order valence-electron chi connectivity index (χ2n) is 4.05. The maximum absolute atomic E-state index is 5.90. The van der Waals surface area contributed by atoms with Gasteiger partial charge in [0.25, 0.3) is 0 Å². The Morgan fingerprint density at radius 1 is 1.29 bits per heavy atom. The van der Waals surface area contributed by atoms with E-state index < -0.39 is 0 Å². The standard InChI is InChI=1S/C13H12ClNO2/c14-5-9-6-15-13(17-10-7-16-8-10)12-4-2-1-3-11(9)12/h1-4,6,10H,5,7-8H2. The number of pyridine rings is 1. The van der Waals surface area contributed by atoms with Crippen LogP contribution in [0.4, 0.5) is 0 Å². The predicted molar refractivity (Wildman–Crippen MR) is 66.5 cm³/mol. The molecule has 1 aromatic heterocycles. The van der Waals surface area contributed by atoms with Crippen molar-refractivity contribution in [3.05, 3.63) is 36.0 Å². The molecule has 4 heteroatoms. The molecule has 1 aliphatic rings. The SMILES string of the molecule is ClCc1cnc(OC2COC2)c2ccccc12. The molecular formula is C13H12ClNO2. The molecule has 0 spiro atoms. The van der Waals surface area contributed by atoms with E-state index in [4.69, 9.17) is 21.1 Å². The first-order valence-corrected chi connectivity index (χ1v) is 6.09. The van der Waals surface area contributed by atoms with Crippen molar-refractivity contribution in [3.8, 4) is 5.88 Å². The van der Waals surface area contributed by atoms with Gasteiger partial charge in [-0.15, -0.1) is 11.6 Å². The van der Waals surface area contributed by atoms with Crippen LogP contribution < -0.4 is 4.74 Å². The second-order valence-corrected chi connectivity index (χ2v) is 4.31. The third kappa shape index (κ3) is 1.96. The highest BCUT2D eigenvalue weighted by Crippen LogP contribution is 2.28. The van der Waals surface area contributed by atoms with E-state index in [1.165, 1.54) is 0 Å². The maximum Gasteiger partial charge on any atom is 0.221 e. The molecule has 1 saturated heterocycles. The number of ether oxygens (including phenoxy) is 2. The van der Waals surface area contributed by atoms with Gasteiger partial charge in [-0.2, -0.15) is 0 Å². The third-order valence-corrected chi connectivity index (χ3v) is 3.16. The number of alkyl halides is 1. The van der Waals surface area contributed by atoms with Crippen molar-refractivity contribution in [3.63, 3.8) is 0 Å². The number of fused-ring (bicyclic) bond motifs is 1. The van der Waals surface area contributed by atoms with Crippen molar-refractivity contribution in [2.75, 3.05) is 13.2 Å². The number of hydrogen-bond donors (Lipinski definition) is 0. The molecule has 1 aliphatic heterocycles. The molecule has 0 saturated carbocycles. The van der Waals surface area contributed by atoms with Crippen molar-refractivity contribution in [2.45, 2.75) is 12.0 Å². The third-order valence-electron chi connectivity index (χ3n) is 2.87. The fraction of sp³-hybridized carbons (Fsp3) is 0.308. The average Bonchev–Trinajstić information content (AvgIpc) is 2.33. The van der Waals surface area contributed by atoms with Crippen molar-refractivity contribution in [2.24, 2.45) is 0 Å². The number of hydrogen-bond acceptors (Lipinski definition) is 3. The quantitative estimate of drug-likeness (QED) is 0.784. The van der Waals surface area contributed by atoms with Gasteiger partial charge in [-0.05, 0) is 17.0 Å². The summed E-state index contributed by atoms with van der Waals surface area (Å²) in [6, 6.07) is 8.02. The van der Waals surface area contributed by atoms with Gasteiger partial charge in [0, 0.05) is 17.5 Å². The predicted octanol–water partition coefficient (Wildman–Crippen LogP) is 2.75. The van der Waals surface area contributed by atoms with Gasteiger partial charge in [-0.1, -0.05) is 18.2 Å². The lowest BCUT2D eigenvalue weighted by Gasteiger charge is -2.26. The summed E-state index contributed by atoms with van der Waals surface area (Å²) in [7, 11) is 0. The van der Waals surface area contributed by atoms with E-state index >= 15 is 0 Å². The van der Waals surface area contributed by atoms with Crippen LogP contribution in [0.2, 0.25) is 0 Å². The number of benzene rings is 1. The van der Waals surface area contributed by atoms with Crippen molar-refractivity contribution >= 4 is 22.4 Å². The summed E-state index contributed by atoms with van der Waals surface area (Å²) in [5.41, 5.74) is 1.03. The van der Waals surface area contributed by atoms with Crippen LogP contribution in [0.25, 0.3) is 10.8 Å². The summed E-state index contributed by atoms with van der Waals surface area (Å²) >= 11 is 5.90. The Balaban J connectivity index is 2.05. The largest absolute Gasteiger partial charge is 0.469 e. The molecule has 0 bridgehead atoms. The highest BCUT2D eigenvalue weighted by molar-refractivity contribution is 6.18. The van der Waals surface area contributed by atoms with Crippen LogP contribution in [0, 0.1) is 0 Å². The van der Waals surface area contributed by atoms with E-state index in [-0.39, 0.29) is 6.10 Å². The van der Waals surface area contributed by atoms with Gasteiger partial charge in [0.15, 0.2) is 0 Å². The first-order chi connectivity index (χ1) is 8.38. The number of aromatic nitrogens is 1. The van der Waals surface area contributed by atoms with E-state index in [1.54, 1.807) is 6.20 Å². The first-order valence-electron chi connectivity index (χ1n) is 5.55. The molecule has 1 fully saturated rings. The summed E-state index contributed by atoms with van der Waals surface area (Å²) < 4.78 is 10.9. The monoisotopic (exact) mass is 249 g/mol. The van der Waals surface area contributed by atoms with Gasteiger partial charge in [0.05, 0.1) is 13.2 Å². The van der Waals surface area contributed by atoms with Crippen molar-refractivity contribution in [1.82, 2.24) is 4.98 Å². The minimum absolute atomic E-state index is 0.132. The average molecular weight is 250 g/mol. The Labute approximate surface area is 104 Å². The Hall–Kier alpha value is -1.32. The molecule has 0 radical (unpaired) electrons. The minimum Gasteiger partial charge on any atom is -0.469 e. The molecule has 0 unspecified atom stereocenters. The van der Waals surface area contributed by atoms with Gasteiger partial charge in [0.1, 0.15) is 6.10 Å². The first kappa shape index (κ1) is 10.8. The molecule has 0 aliphatic carbocycles. The van der Waals surface area contributed by atoms with Crippen LogP contribution >= 0.6 is 11.6 Å². The maximum atomic E-state index is 5.90. The van der Waals surface area contributed by atoms with Crippen LogP contribution in [0.5, 0.6) is 5.88 Å². The molecule has 2 heterocycles. The molecule has 3 rings (SSSR count). The van der Waals surface area contributed by atoms with E-state index in [0.717, 1.165) is 16.3 Å². The molecule has 0 atom stereocenters. The molecule has 0 N–H and O–H groups in total. The number of nitrogens with zero attached hydrogens (tertiary/aromatic N) is 1. The summed E-state index contributed by atoms with van der Waals surface area (Å²) in [4.78, 5) is 4.34. The van der Waals surface area contributed by atoms with Crippen LogP contribution in [0.15, 0.2) is 30.5 Å². The zero-order chi connectivity index (χ0) is 11.7. The Morgan fingerprint density at radius 3 is 2.71 bits per heavy atom. The van der Waals surface area contributed by atoms with Crippen LogP contribution in [-0.2, 0) is 10.6 Å². The van der Waals surface area contributed by atoms with Crippen molar-refractivity contribution < 1.29 is 9.47 Å². The minimum atomic E-state index is 0.132. The summed E-state index contributed by atoms with van der Waals surface area (Å²) in [5, 5.41) is 2.12. The van der Waals surface area contributed by atoms with Gasteiger partial charge < -0.3 is 9.47 Å².